The lowest BCUT2D eigenvalue weighted by molar-refractivity contribution is -0.140. The average Bonchev–Trinajstić information content (AvgIpc) is 2.47. The highest BCUT2D eigenvalue weighted by Crippen LogP contribution is 2.33. The van der Waals surface area contributed by atoms with E-state index in [1.54, 1.807) is 0 Å². The zero-order chi connectivity index (χ0) is 18.1. The summed E-state index contributed by atoms with van der Waals surface area (Å²) in [5.74, 6) is -2.44. The number of alkyl halides is 3. The molecular formula is C14H16F4N2O3S. The Kier molecular flexibility index (Phi) is 5.19. The largest absolute Gasteiger partial charge is 0.419 e. The Hall–Kier alpha value is -1.68. The van der Waals surface area contributed by atoms with Crippen LogP contribution >= 0.6 is 0 Å². The third kappa shape index (κ3) is 4.44. The maximum absolute atomic E-state index is 13.2. The van der Waals surface area contributed by atoms with Gasteiger partial charge >= 0.3 is 6.18 Å². The number of hydrogen-bond donors (Lipinski definition) is 1. The van der Waals surface area contributed by atoms with Crippen LogP contribution in [0.4, 0.5) is 23.2 Å². The maximum Gasteiger partial charge on any atom is 0.419 e. The van der Waals surface area contributed by atoms with Crippen molar-refractivity contribution in [2.75, 3.05) is 24.7 Å². The Morgan fingerprint density at radius 2 is 1.83 bits per heavy atom. The molecule has 24 heavy (non-hydrogen) atoms. The van der Waals surface area contributed by atoms with Crippen molar-refractivity contribution in [3.8, 4) is 0 Å². The molecule has 10 heteroatoms. The third-order valence-electron chi connectivity index (χ3n) is 3.83. The van der Waals surface area contributed by atoms with Crippen LogP contribution in [0.1, 0.15) is 18.4 Å². The molecule has 1 aromatic carbocycles. The monoisotopic (exact) mass is 368 g/mol. The van der Waals surface area contributed by atoms with E-state index >= 15 is 0 Å². The predicted octanol–water partition coefficient (Wildman–Crippen LogP) is 2.45. The van der Waals surface area contributed by atoms with E-state index in [0.29, 0.717) is 12.1 Å². The molecule has 134 valence electrons. The number of hydrogen-bond acceptors (Lipinski definition) is 3. The number of carbonyl (C=O) groups excluding carboxylic acids is 1. The molecule has 0 aromatic heterocycles. The van der Waals surface area contributed by atoms with Gasteiger partial charge in [-0.25, -0.2) is 17.1 Å². The van der Waals surface area contributed by atoms with Crippen molar-refractivity contribution < 1.29 is 30.8 Å². The lowest BCUT2D eigenvalue weighted by atomic mass is 9.97. The Balaban J connectivity index is 2.04. The fourth-order valence-corrected chi connectivity index (χ4v) is 3.39. The normalized spacial score (nSPS) is 17.7. The number of halogens is 4. The van der Waals surface area contributed by atoms with Crippen LogP contribution in [0.25, 0.3) is 0 Å². The summed E-state index contributed by atoms with van der Waals surface area (Å²) >= 11 is 0. The third-order valence-corrected chi connectivity index (χ3v) is 5.14. The van der Waals surface area contributed by atoms with Gasteiger partial charge in [-0.3, -0.25) is 4.79 Å². The Morgan fingerprint density at radius 1 is 1.25 bits per heavy atom. The summed E-state index contributed by atoms with van der Waals surface area (Å²) < 4.78 is 75.2. The quantitative estimate of drug-likeness (QED) is 0.834. The number of amides is 1. The number of nitrogens with zero attached hydrogens (tertiary/aromatic N) is 1. The van der Waals surface area contributed by atoms with Crippen LogP contribution in [0.2, 0.25) is 0 Å². The molecule has 0 spiro atoms. The zero-order valence-electron chi connectivity index (χ0n) is 12.7. The van der Waals surface area contributed by atoms with Gasteiger partial charge in [-0.2, -0.15) is 13.2 Å². The highest BCUT2D eigenvalue weighted by Gasteiger charge is 2.35. The van der Waals surface area contributed by atoms with Gasteiger partial charge in [0.25, 0.3) is 0 Å². The molecule has 0 aliphatic carbocycles. The smallest absolute Gasteiger partial charge is 0.326 e. The molecule has 1 saturated heterocycles. The minimum absolute atomic E-state index is 0.153. The number of carbonyl (C=O) groups is 1. The second kappa shape index (κ2) is 6.67. The molecule has 5 nitrogen and oxygen atoms in total. The molecule has 0 bridgehead atoms. The maximum atomic E-state index is 13.2. The molecule has 1 heterocycles. The standard InChI is InChI=1S/C14H16F4N2O3S/c1-24(22,23)20-6-4-9(5-7-20)13(21)19-10-2-3-12(15)11(8-10)14(16,17)18/h2-3,8-9H,4-7H2,1H3,(H,19,21). The molecule has 1 aliphatic heterocycles. The highest BCUT2D eigenvalue weighted by molar-refractivity contribution is 7.88. The first-order valence-corrected chi connectivity index (χ1v) is 8.96. The van der Waals surface area contributed by atoms with Crippen LogP contribution in [-0.2, 0) is 21.0 Å². The summed E-state index contributed by atoms with van der Waals surface area (Å²) in [5.41, 5.74) is -1.61. The van der Waals surface area contributed by atoms with E-state index < -0.39 is 39.4 Å². The summed E-state index contributed by atoms with van der Waals surface area (Å²) in [6, 6.07) is 2.23. The Labute approximate surface area is 136 Å². The second-order valence-electron chi connectivity index (χ2n) is 5.62. The molecular weight excluding hydrogens is 352 g/mol. The fraction of sp³-hybridized carbons (Fsp3) is 0.500. The van der Waals surface area contributed by atoms with Crippen molar-refractivity contribution in [2.24, 2.45) is 5.92 Å². The van der Waals surface area contributed by atoms with Gasteiger partial charge < -0.3 is 5.32 Å². The van der Waals surface area contributed by atoms with Gasteiger partial charge in [-0.1, -0.05) is 0 Å². The number of rotatable bonds is 3. The van der Waals surface area contributed by atoms with Gasteiger partial charge in [0, 0.05) is 24.7 Å². The highest BCUT2D eigenvalue weighted by atomic mass is 32.2. The van der Waals surface area contributed by atoms with Gasteiger partial charge in [0.15, 0.2) is 0 Å². The second-order valence-corrected chi connectivity index (χ2v) is 7.60. The predicted molar refractivity (Wildman–Crippen MR) is 79.2 cm³/mol. The molecule has 1 aliphatic rings. The zero-order valence-corrected chi connectivity index (χ0v) is 13.5. The molecule has 0 atom stereocenters. The van der Waals surface area contributed by atoms with Crippen LogP contribution in [0.5, 0.6) is 0 Å². The van der Waals surface area contributed by atoms with Gasteiger partial charge in [0.05, 0.1) is 11.8 Å². The molecule has 1 fully saturated rings. The number of piperidine rings is 1. The number of anilines is 1. The van der Waals surface area contributed by atoms with Crippen molar-refractivity contribution in [3.05, 3.63) is 29.6 Å². The summed E-state index contributed by atoms with van der Waals surface area (Å²) in [5, 5.41) is 2.33. The van der Waals surface area contributed by atoms with E-state index in [-0.39, 0.29) is 31.6 Å². The topological polar surface area (TPSA) is 66.5 Å². The molecule has 1 aromatic rings. The van der Waals surface area contributed by atoms with E-state index in [0.717, 1.165) is 12.3 Å². The molecule has 0 radical (unpaired) electrons. The summed E-state index contributed by atoms with van der Waals surface area (Å²) in [6.07, 6.45) is -3.24. The Bertz CT molecular complexity index is 726. The lowest BCUT2D eigenvalue weighted by Gasteiger charge is -2.29. The summed E-state index contributed by atoms with van der Waals surface area (Å²) in [7, 11) is -3.33. The lowest BCUT2D eigenvalue weighted by Crippen LogP contribution is -2.40. The molecule has 1 amide bonds. The summed E-state index contributed by atoms with van der Waals surface area (Å²) in [6.45, 7) is 0.349. The minimum atomic E-state index is -4.86. The van der Waals surface area contributed by atoms with Crippen LogP contribution in [0.3, 0.4) is 0 Å². The van der Waals surface area contributed by atoms with Gasteiger partial charge in [0.1, 0.15) is 5.82 Å². The fourth-order valence-electron chi connectivity index (χ4n) is 2.51. The van der Waals surface area contributed by atoms with Crippen molar-refractivity contribution in [1.82, 2.24) is 4.31 Å². The van der Waals surface area contributed by atoms with Crippen molar-refractivity contribution in [2.45, 2.75) is 19.0 Å². The van der Waals surface area contributed by atoms with E-state index in [1.807, 2.05) is 0 Å². The molecule has 0 unspecified atom stereocenters. The van der Waals surface area contributed by atoms with Crippen LogP contribution in [0.15, 0.2) is 18.2 Å². The Morgan fingerprint density at radius 3 is 2.33 bits per heavy atom. The number of sulfonamides is 1. The first-order chi connectivity index (χ1) is 11.0. The average molecular weight is 368 g/mol. The summed E-state index contributed by atoms with van der Waals surface area (Å²) in [4.78, 5) is 12.1. The van der Waals surface area contributed by atoms with E-state index in [1.165, 1.54) is 4.31 Å². The van der Waals surface area contributed by atoms with Crippen LogP contribution in [0, 0.1) is 11.7 Å². The number of nitrogens with one attached hydrogen (secondary N) is 1. The van der Waals surface area contributed by atoms with Crippen LogP contribution in [-0.4, -0.2) is 38.0 Å². The SMILES string of the molecule is CS(=O)(=O)N1CCC(C(=O)Nc2ccc(F)c(C(F)(F)F)c2)CC1. The first-order valence-electron chi connectivity index (χ1n) is 7.11. The van der Waals surface area contributed by atoms with E-state index in [4.69, 9.17) is 0 Å². The van der Waals surface area contributed by atoms with Gasteiger partial charge in [-0.05, 0) is 31.0 Å². The molecule has 2 rings (SSSR count). The minimum Gasteiger partial charge on any atom is -0.326 e. The van der Waals surface area contributed by atoms with Gasteiger partial charge in [0.2, 0.25) is 15.9 Å². The number of benzene rings is 1. The van der Waals surface area contributed by atoms with Gasteiger partial charge in [-0.15, -0.1) is 0 Å². The van der Waals surface area contributed by atoms with E-state index in [9.17, 15) is 30.8 Å². The molecule has 1 N–H and O–H groups in total. The van der Waals surface area contributed by atoms with Crippen molar-refractivity contribution >= 4 is 21.6 Å². The van der Waals surface area contributed by atoms with E-state index in [2.05, 4.69) is 5.32 Å². The molecule has 0 saturated carbocycles. The van der Waals surface area contributed by atoms with Crippen molar-refractivity contribution in [3.63, 3.8) is 0 Å². The van der Waals surface area contributed by atoms with Crippen molar-refractivity contribution in [1.29, 1.82) is 0 Å². The van der Waals surface area contributed by atoms with Crippen LogP contribution < -0.4 is 5.32 Å². The first kappa shape index (κ1) is 18.7.